The van der Waals surface area contributed by atoms with Gasteiger partial charge < -0.3 is 4.90 Å². The number of amides is 4. The summed E-state index contributed by atoms with van der Waals surface area (Å²) in [6, 6.07) is 14.2. The molecular weight excluding hydrogens is 405 g/mol. The third-order valence-electron chi connectivity index (χ3n) is 5.05. The number of allylic oxidation sites excluding steroid dienone is 1. The number of nitrogens with zero attached hydrogens (tertiary/aromatic N) is 3. The second-order valence-electron chi connectivity index (χ2n) is 6.95. The monoisotopic (exact) mass is 424 g/mol. The van der Waals surface area contributed by atoms with Crippen LogP contribution in [0.15, 0.2) is 66.1 Å². The van der Waals surface area contributed by atoms with Crippen LogP contribution in [0, 0.1) is 5.82 Å². The third-order valence-corrected chi connectivity index (χ3v) is 6.06. The Morgan fingerprint density at radius 2 is 1.83 bits per heavy atom. The van der Waals surface area contributed by atoms with Crippen LogP contribution in [0.3, 0.4) is 0 Å². The Balaban J connectivity index is 1.60. The van der Waals surface area contributed by atoms with Gasteiger partial charge in [-0.25, -0.2) is 9.18 Å². The molecule has 2 aromatic carbocycles. The Hall–Kier alpha value is -3.26. The molecule has 30 heavy (non-hydrogen) atoms. The SMILES string of the molecule is CN(C(=O)C[N+]1=C2C=CSC2C(=O)N(Cc2ccc(F)cc2)C1=O)c1ccccc1. The minimum absolute atomic E-state index is 0.0154. The van der Waals surface area contributed by atoms with E-state index >= 15 is 0 Å². The summed E-state index contributed by atoms with van der Waals surface area (Å²) in [5.74, 6) is -1.01. The van der Waals surface area contributed by atoms with E-state index < -0.39 is 17.1 Å². The molecule has 2 heterocycles. The van der Waals surface area contributed by atoms with E-state index in [9.17, 15) is 18.8 Å². The van der Waals surface area contributed by atoms with Gasteiger partial charge in [0, 0.05) is 12.7 Å². The van der Waals surface area contributed by atoms with Crippen molar-refractivity contribution in [1.29, 1.82) is 0 Å². The van der Waals surface area contributed by atoms with Gasteiger partial charge >= 0.3 is 11.9 Å². The average Bonchev–Trinajstić information content (AvgIpc) is 3.25. The molecule has 0 radical (unpaired) electrons. The first-order valence-electron chi connectivity index (χ1n) is 9.33. The molecule has 0 N–H and O–H groups in total. The van der Waals surface area contributed by atoms with Crippen LogP contribution >= 0.6 is 11.8 Å². The predicted octanol–water partition coefficient (Wildman–Crippen LogP) is 3.03. The predicted molar refractivity (Wildman–Crippen MR) is 113 cm³/mol. The Morgan fingerprint density at radius 3 is 2.53 bits per heavy atom. The minimum atomic E-state index is -0.571. The highest BCUT2D eigenvalue weighted by molar-refractivity contribution is 8.04. The van der Waals surface area contributed by atoms with Gasteiger partial charge in [-0.15, -0.1) is 11.8 Å². The van der Waals surface area contributed by atoms with Crippen molar-refractivity contribution in [3.05, 3.63) is 77.5 Å². The van der Waals surface area contributed by atoms with Gasteiger partial charge in [0.25, 0.3) is 5.91 Å². The lowest BCUT2D eigenvalue weighted by Crippen LogP contribution is -2.56. The summed E-state index contributed by atoms with van der Waals surface area (Å²) in [6.45, 7) is -0.171. The second-order valence-corrected chi connectivity index (χ2v) is 7.97. The third kappa shape index (κ3) is 3.78. The van der Waals surface area contributed by atoms with Crippen molar-refractivity contribution in [2.24, 2.45) is 0 Å². The number of carbonyl (C=O) groups excluding carboxylic acids is 3. The smallest absolute Gasteiger partial charge is 0.312 e. The van der Waals surface area contributed by atoms with E-state index in [-0.39, 0.29) is 24.9 Å². The number of hydrogen-bond donors (Lipinski definition) is 0. The summed E-state index contributed by atoms with van der Waals surface area (Å²) >= 11 is 1.30. The van der Waals surface area contributed by atoms with Crippen LogP contribution in [0.1, 0.15) is 5.56 Å². The topological polar surface area (TPSA) is 60.7 Å². The maximum atomic E-state index is 13.2. The molecule has 4 rings (SSSR count). The molecule has 0 saturated heterocycles. The summed E-state index contributed by atoms with van der Waals surface area (Å²) in [5, 5.41) is 1.18. The largest absolute Gasteiger partial charge is 0.501 e. The average molecular weight is 424 g/mol. The highest BCUT2D eigenvalue weighted by Crippen LogP contribution is 2.28. The fraction of sp³-hybridized carbons (Fsp3) is 0.182. The number of benzene rings is 2. The van der Waals surface area contributed by atoms with Gasteiger partial charge in [-0.2, -0.15) is 14.3 Å². The lowest BCUT2D eigenvalue weighted by atomic mass is 10.1. The van der Waals surface area contributed by atoms with Crippen LogP contribution in [0.5, 0.6) is 0 Å². The molecule has 6 nitrogen and oxygen atoms in total. The first kappa shape index (κ1) is 20.0. The highest BCUT2D eigenvalue weighted by Gasteiger charge is 2.49. The molecule has 8 heteroatoms. The number of para-hydroxylation sites is 1. The van der Waals surface area contributed by atoms with Crippen molar-refractivity contribution in [3.8, 4) is 0 Å². The second kappa shape index (κ2) is 8.23. The number of halogens is 1. The van der Waals surface area contributed by atoms with Crippen LogP contribution in [0.25, 0.3) is 0 Å². The molecule has 0 aromatic heterocycles. The summed E-state index contributed by atoms with van der Waals surface area (Å²) in [4.78, 5) is 41.5. The molecule has 0 saturated carbocycles. The lowest BCUT2D eigenvalue weighted by molar-refractivity contribution is -0.426. The summed E-state index contributed by atoms with van der Waals surface area (Å²) in [7, 11) is 1.65. The molecule has 0 bridgehead atoms. The van der Waals surface area contributed by atoms with Crippen LogP contribution in [0.4, 0.5) is 14.9 Å². The van der Waals surface area contributed by atoms with Crippen molar-refractivity contribution in [2.45, 2.75) is 11.8 Å². The van der Waals surface area contributed by atoms with Gasteiger partial charge in [0.2, 0.25) is 0 Å². The fourth-order valence-electron chi connectivity index (χ4n) is 3.37. The maximum Gasteiger partial charge on any atom is 0.501 e. The van der Waals surface area contributed by atoms with E-state index in [4.69, 9.17) is 0 Å². The van der Waals surface area contributed by atoms with Gasteiger partial charge in [0.1, 0.15) is 18.1 Å². The van der Waals surface area contributed by atoms with Crippen molar-refractivity contribution in [1.82, 2.24) is 4.90 Å². The number of rotatable bonds is 5. The molecule has 1 atom stereocenters. The number of urea groups is 1. The van der Waals surface area contributed by atoms with E-state index in [0.29, 0.717) is 17.0 Å². The minimum Gasteiger partial charge on any atom is -0.312 e. The van der Waals surface area contributed by atoms with Gasteiger partial charge in [0.05, 0.1) is 0 Å². The molecule has 2 aliphatic heterocycles. The molecule has 0 spiro atoms. The maximum absolute atomic E-state index is 13.2. The normalized spacial score (nSPS) is 18.1. The number of thioether (sulfide) groups is 1. The number of carbonyl (C=O) groups is 3. The summed E-state index contributed by atoms with van der Waals surface area (Å²) < 4.78 is 14.6. The first-order valence-corrected chi connectivity index (χ1v) is 10.3. The highest BCUT2D eigenvalue weighted by atomic mass is 32.2. The van der Waals surface area contributed by atoms with Crippen molar-refractivity contribution >= 4 is 41.0 Å². The van der Waals surface area contributed by atoms with Crippen LogP contribution in [-0.2, 0) is 16.1 Å². The number of fused-ring (bicyclic) bond motifs is 1. The van der Waals surface area contributed by atoms with Gasteiger partial charge in [-0.1, -0.05) is 30.3 Å². The van der Waals surface area contributed by atoms with Crippen LogP contribution in [-0.4, -0.2) is 51.9 Å². The number of imide groups is 1. The first-order chi connectivity index (χ1) is 14.5. The van der Waals surface area contributed by atoms with Crippen molar-refractivity contribution in [3.63, 3.8) is 0 Å². The molecule has 2 aromatic rings. The standard InChI is InChI=1S/C22H19FN3O3S/c1-24(17-5-3-2-4-6-17)19(27)14-25-18-11-12-30-20(18)21(28)26(22(25)29)13-15-7-9-16(23)10-8-15/h2-12,20H,13-14H2,1H3/q+1. The van der Waals surface area contributed by atoms with E-state index in [2.05, 4.69) is 0 Å². The van der Waals surface area contributed by atoms with Crippen molar-refractivity contribution < 1.29 is 23.3 Å². The summed E-state index contributed by atoms with van der Waals surface area (Å²) in [6.07, 6.45) is 1.70. The van der Waals surface area contributed by atoms with Gasteiger partial charge in [-0.05, 0) is 41.3 Å². The van der Waals surface area contributed by atoms with E-state index in [1.54, 1.807) is 18.5 Å². The zero-order valence-electron chi connectivity index (χ0n) is 16.2. The molecule has 1 unspecified atom stereocenters. The molecule has 152 valence electrons. The van der Waals surface area contributed by atoms with Crippen LogP contribution < -0.4 is 4.90 Å². The van der Waals surface area contributed by atoms with E-state index in [0.717, 1.165) is 4.90 Å². The summed E-state index contributed by atoms with van der Waals surface area (Å²) in [5.41, 5.74) is 1.86. The number of likely N-dealkylation sites (N-methyl/N-ethyl adjacent to an activating group) is 1. The van der Waals surface area contributed by atoms with E-state index in [1.807, 2.05) is 30.3 Å². The number of anilines is 1. The van der Waals surface area contributed by atoms with Gasteiger partial charge in [0.15, 0.2) is 11.8 Å². The lowest BCUT2D eigenvalue weighted by Gasteiger charge is -2.25. The zero-order valence-corrected chi connectivity index (χ0v) is 17.0. The van der Waals surface area contributed by atoms with E-state index in [1.165, 1.54) is 45.5 Å². The quantitative estimate of drug-likeness (QED) is 0.693. The molecule has 4 amide bonds. The Labute approximate surface area is 177 Å². The molecule has 0 fully saturated rings. The molecule has 0 aliphatic carbocycles. The Kier molecular flexibility index (Phi) is 5.50. The van der Waals surface area contributed by atoms with Gasteiger partial charge in [-0.3, -0.25) is 4.79 Å². The van der Waals surface area contributed by atoms with Crippen LogP contribution in [0.2, 0.25) is 0 Å². The van der Waals surface area contributed by atoms with Crippen molar-refractivity contribution in [2.75, 3.05) is 18.5 Å². The fourth-order valence-corrected chi connectivity index (χ4v) is 4.33. The number of hydrogen-bond acceptors (Lipinski definition) is 4. The Morgan fingerprint density at radius 1 is 1.13 bits per heavy atom. The zero-order chi connectivity index (χ0) is 21.3. The Bertz CT molecular complexity index is 1070. The molecule has 2 aliphatic rings. The molecular formula is C22H19FN3O3S+.